The number of hydrogen-bond acceptors (Lipinski definition) is 5. The van der Waals surface area contributed by atoms with Gasteiger partial charge in [0.2, 0.25) is 5.78 Å². The Labute approximate surface area is 195 Å². The normalized spacial score (nSPS) is 16.3. The van der Waals surface area contributed by atoms with E-state index in [0.717, 1.165) is 28.2 Å². The maximum absolute atomic E-state index is 13.0. The Morgan fingerprint density at radius 3 is 2.62 bits per heavy atom. The minimum absolute atomic E-state index is 0.166. The molecule has 0 aromatic heterocycles. The molecule has 0 fully saturated rings. The molecule has 0 atom stereocenters. The van der Waals surface area contributed by atoms with Crippen molar-refractivity contribution in [3.05, 3.63) is 92.7 Å². The van der Waals surface area contributed by atoms with E-state index >= 15 is 0 Å². The monoisotopic (exact) mass is 467 g/mol. The van der Waals surface area contributed by atoms with Crippen molar-refractivity contribution >= 4 is 35.1 Å². The minimum Gasteiger partial charge on any atom is -0.497 e. The lowest BCUT2D eigenvalue weighted by molar-refractivity contribution is 0.0872. The SMILES string of the molecule is COc1ccc(CN2COc3ccc4c(c3C2)O/C(=C\c2ccc(Cl)c(Cl)c2)C4=O)cc1. The zero-order valence-electron chi connectivity index (χ0n) is 17.2. The van der Waals surface area contributed by atoms with Gasteiger partial charge in [0.05, 0.1) is 28.3 Å². The van der Waals surface area contributed by atoms with Crippen molar-refractivity contribution in [2.45, 2.75) is 13.1 Å². The Balaban J connectivity index is 1.39. The maximum Gasteiger partial charge on any atom is 0.231 e. The molecule has 162 valence electrons. The third kappa shape index (κ3) is 3.95. The van der Waals surface area contributed by atoms with Crippen LogP contribution in [-0.4, -0.2) is 24.5 Å². The molecule has 0 N–H and O–H groups in total. The lowest BCUT2D eigenvalue weighted by Crippen LogP contribution is -2.31. The van der Waals surface area contributed by atoms with Gasteiger partial charge in [0.1, 0.15) is 24.0 Å². The highest BCUT2D eigenvalue weighted by molar-refractivity contribution is 6.42. The smallest absolute Gasteiger partial charge is 0.231 e. The molecule has 3 aromatic rings. The first-order valence-electron chi connectivity index (χ1n) is 10.0. The van der Waals surface area contributed by atoms with E-state index in [4.69, 9.17) is 37.4 Å². The van der Waals surface area contributed by atoms with E-state index in [2.05, 4.69) is 4.90 Å². The van der Waals surface area contributed by atoms with Crippen LogP contribution in [0.2, 0.25) is 10.0 Å². The number of methoxy groups -OCH3 is 1. The summed E-state index contributed by atoms with van der Waals surface area (Å²) in [6, 6.07) is 16.7. The molecule has 5 rings (SSSR count). The molecule has 5 nitrogen and oxygen atoms in total. The molecule has 0 bridgehead atoms. The molecule has 3 aromatic carbocycles. The van der Waals surface area contributed by atoms with Gasteiger partial charge in [-0.15, -0.1) is 0 Å². The van der Waals surface area contributed by atoms with Crippen molar-refractivity contribution in [1.29, 1.82) is 0 Å². The molecule has 0 saturated carbocycles. The Kier molecular flexibility index (Phi) is 5.55. The summed E-state index contributed by atoms with van der Waals surface area (Å²) in [6.07, 6.45) is 1.68. The Morgan fingerprint density at radius 1 is 1.06 bits per heavy atom. The lowest BCUT2D eigenvalue weighted by Gasteiger charge is -2.29. The first-order chi connectivity index (χ1) is 15.5. The molecule has 0 unspecified atom stereocenters. The van der Waals surface area contributed by atoms with Crippen molar-refractivity contribution in [2.24, 2.45) is 0 Å². The fraction of sp³-hybridized carbons (Fsp3) is 0.160. The van der Waals surface area contributed by atoms with Gasteiger partial charge in [-0.05, 0) is 53.6 Å². The fourth-order valence-corrected chi connectivity index (χ4v) is 4.15. The van der Waals surface area contributed by atoms with Crippen LogP contribution in [0.15, 0.2) is 60.4 Å². The molecule has 0 spiro atoms. The van der Waals surface area contributed by atoms with Crippen molar-refractivity contribution in [1.82, 2.24) is 4.90 Å². The van der Waals surface area contributed by atoms with E-state index in [-0.39, 0.29) is 11.5 Å². The predicted octanol–water partition coefficient (Wildman–Crippen LogP) is 5.97. The van der Waals surface area contributed by atoms with E-state index in [1.807, 2.05) is 30.3 Å². The number of ether oxygens (including phenoxy) is 3. The number of allylic oxidation sites excluding steroid dienone is 1. The molecule has 7 heteroatoms. The molecular formula is C25H19Cl2NO4. The molecule has 2 aliphatic heterocycles. The number of fused-ring (bicyclic) bond motifs is 3. The van der Waals surface area contributed by atoms with E-state index in [0.29, 0.717) is 41.2 Å². The highest BCUT2D eigenvalue weighted by Crippen LogP contribution is 2.42. The predicted molar refractivity (Wildman–Crippen MR) is 124 cm³/mol. The molecular weight excluding hydrogens is 449 g/mol. The second-order valence-electron chi connectivity index (χ2n) is 7.64. The summed E-state index contributed by atoms with van der Waals surface area (Å²) in [6.45, 7) is 1.77. The average Bonchev–Trinajstić information content (AvgIpc) is 3.12. The Hall–Kier alpha value is -2.99. The summed E-state index contributed by atoms with van der Waals surface area (Å²) in [5.74, 6) is 2.19. The van der Waals surface area contributed by atoms with Gasteiger partial charge in [-0.2, -0.15) is 0 Å². The number of Topliss-reactive ketones (excluding diaryl/α,β-unsaturated/α-hetero) is 1. The van der Waals surface area contributed by atoms with Crippen LogP contribution in [0.25, 0.3) is 6.08 Å². The number of nitrogens with zero attached hydrogens (tertiary/aromatic N) is 1. The van der Waals surface area contributed by atoms with Crippen LogP contribution in [-0.2, 0) is 13.1 Å². The lowest BCUT2D eigenvalue weighted by atomic mass is 10.0. The summed E-state index contributed by atoms with van der Waals surface area (Å²) < 4.78 is 17.2. The van der Waals surface area contributed by atoms with Crippen LogP contribution >= 0.6 is 23.2 Å². The van der Waals surface area contributed by atoms with Crippen LogP contribution in [0.1, 0.15) is 27.0 Å². The van der Waals surface area contributed by atoms with E-state index in [9.17, 15) is 4.79 Å². The largest absolute Gasteiger partial charge is 0.497 e. The molecule has 2 aliphatic rings. The van der Waals surface area contributed by atoms with Crippen molar-refractivity contribution in [2.75, 3.05) is 13.8 Å². The zero-order valence-corrected chi connectivity index (χ0v) is 18.7. The Bertz CT molecular complexity index is 1240. The number of rotatable bonds is 4. The van der Waals surface area contributed by atoms with Gasteiger partial charge in [-0.25, -0.2) is 0 Å². The highest BCUT2D eigenvalue weighted by atomic mass is 35.5. The standard InChI is InChI=1S/C25H19Cl2NO4/c1-30-17-5-2-15(3-6-17)12-28-13-19-22(31-14-28)9-7-18-24(29)23(32-25(18)19)11-16-4-8-20(26)21(27)10-16/h2-11H,12-14H2,1H3/b23-11-. The second-order valence-corrected chi connectivity index (χ2v) is 8.46. The van der Waals surface area contributed by atoms with Crippen LogP contribution in [0.3, 0.4) is 0 Å². The van der Waals surface area contributed by atoms with Gasteiger partial charge in [-0.3, -0.25) is 9.69 Å². The maximum atomic E-state index is 13.0. The van der Waals surface area contributed by atoms with E-state index in [1.165, 1.54) is 0 Å². The number of carbonyl (C=O) groups is 1. The van der Waals surface area contributed by atoms with Crippen LogP contribution in [0.5, 0.6) is 17.2 Å². The van der Waals surface area contributed by atoms with Gasteiger partial charge in [0.15, 0.2) is 5.76 Å². The van der Waals surface area contributed by atoms with Gasteiger partial charge in [0.25, 0.3) is 0 Å². The number of carbonyl (C=O) groups excluding carboxylic acids is 1. The van der Waals surface area contributed by atoms with Crippen LogP contribution < -0.4 is 14.2 Å². The summed E-state index contributed by atoms with van der Waals surface area (Å²) >= 11 is 12.1. The number of hydrogen-bond donors (Lipinski definition) is 0. The molecule has 0 radical (unpaired) electrons. The highest BCUT2D eigenvalue weighted by Gasteiger charge is 2.33. The summed E-state index contributed by atoms with van der Waals surface area (Å²) in [4.78, 5) is 15.1. The third-order valence-electron chi connectivity index (χ3n) is 5.49. The first-order valence-corrected chi connectivity index (χ1v) is 10.8. The van der Waals surface area contributed by atoms with Crippen molar-refractivity contribution < 1.29 is 19.0 Å². The van der Waals surface area contributed by atoms with E-state index < -0.39 is 0 Å². The molecule has 0 saturated heterocycles. The zero-order chi connectivity index (χ0) is 22.2. The third-order valence-corrected chi connectivity index (χ3v) is 6.23. The number of halogens is 2. The van der Waals surface area contributed by atoms with Gasteiger partial charge in [0, 0.05) is 13.1 Å². The quantitative estimate of drug-likeness (QED) is 0.442. The Morgan fingerprint density at radius 2 is 1.88 bits per heavy atom. The van der Waals surface area contributed by atoms with Crippen LogP contribution in [0, 0.1) is 0 Å². The molecule has 2 heterocycles. The summed E-state index contributed by atoms with van der Waals surface area (Å²) in [5.41, 5.74) is 3.28. The van der Waals surface area contributed by atoms with Crippen molar-refractivity contribution in [3.8, 4) is 17.2 Å². The van der Waals surface area contributed by atoms with Gasteiger partial charge < -0.3 is 14.2 Å². The van der Waals surface area contributed by atoms with Crippen LogP contribution in [0.4, 0.5) is 0 Å². The first kappa shape index (κ1) is 20.9. The van der Waals surface area contributed by atoms with Gasteiger partial charge >= 0.3 is 0 Å². The topological polar surface area (TPSA) is 48.0 Å². The molecule has 32 heavy (non-hydrogen) atoms. The van der Waals surface area contributed by atoms with Crippen molar-refractivity contribution in [3.63, 3.8) is 0 Å². The summed E-state index contributed by atoms with van der Waals surface area (Å²) in [7, 11) is 1.65. The van der Waals surface area contributed by atoms with Gasteiger partial charge in [-0.1, -0.05) is 41.4 Å². The second kappa shape index (κ2) is 8.51. The average molecular weight is 468 g/mol. The van der Waals surface area contributed by atoms with E-state index in [1.54, 1.807) is 37.5 Å². The molecule has 0 aliphatic carbocycles. The number of benzene rings is 3. The fourth-order valence-electron chi connectivity index (χ4n) is 3.85. The minimum atomic E-state index is -0.166. The summed E-state index contributed by atoms with van der Waals surface area (Å²) in [5, 5.41) is 0.878. The number of ketones is 1. The molecule has 0 amide bonds.